The molecular formula is C4H11BN2O. The topological polar surface area (TPSA) is 44.6 Å². The highest BCUT2D eigenvalue weighted by molar-refractivity contribution is 6.13. The molecule has 0 aromatic carbocycles. The third kappa shape index (κ3) is 1.98. The number of aliphatic hydroxyl groups is 1. The largest absolute Gasteiger partial charge is 0.386 e. The maximum atomic E-state index is 8.82. The molecule has 0 aliphatic rings. The molecule has 0 heterocycles. The molecule has 0 spiro atoms. The number of amidine groups is 1. The zero-order valence-electron chi connectivity index (χ0n) is 5.47. The van der Waals surface area contributed by atoms with Crippen LogP contribution in [-0.4, -0.2) is 32.1 Å². The lowest BCUT2D eigenvalue weighted by Crippen LogP contribution is -2.29. The van der Waals surface area contributed by atoms with Gasteiger partial charge in [0, 0.05) is 7.05 Å². The van der Waals surface area contributed by atoms with E-state index in [0.29, 0.717) is 5.84 Å². The van der Waals surface area contributed by atoms with Crippen LogP contribution in [0.3, 0.4) is 0 Å². The Hall–Kier alpha value is -0.505. The molecule has 4 heteroatoms. The standard InChI is InChI=1S/C4H11BN2O/c1-3(8)4(6-2)7-5/h3,8H,5H2,1-2H3,(H,6,7). The molecule has 0 aliphatic heterocycles. The van der Waals surface area contributed by atoms with Crippen molar-refractivity contribution in [3.05, 3.63) is 0 Å². The summed E-state index contributed by atoms with van der Waals surface area (Å²) in [6.45, 7) is 1.67. The van der Waals surface area contributed by atoms with E-state index < -0.39 is 6.10 Å². The van der Waals surface area contributed by atoms with Crippen molar-refractivity contribution in [1.82, 2.24) is 5.32 Å². The van der Waals surface area contributed by atoms with Crippen molar-refractivity contribution in [2.24, 2.45) is 4.90 Å². The molecule has 8 heavy (non-hydrogen) atoms. The summed E-state index contributed by atoms with van der Waals surface area (Å²) in [7, 11) is 3.37. The third-order valence-electron chi connectivity index (χ3n) is 0.893. The summed E-state index contributed by atoms with van der Waals surface area (Å²) >= 11 is 0. The summed E-state index contributed by atoms with van der Waals surface area (Å²) in [6, 6.07) is 0. The smallest absolute Gasteiger partial charge is 0.246 e. The summed E-state index contributed by atoms with van der Waals surface area (Å²) < 4.78 is 0. The van der Waals surface area contributed by atoms with Crippen molar-refractivity contribution in [3.63, 3.8) is 0 Å². The lowest BCUT2D eigenvalue weighted by molar-refractivity contribution is 0.258. The molecule has 3 nitrogen and oxygen atoms in total. The molecule has 0 aromatic heterocycles. The molecule has 0 aromatic rings. The van der Waals surface area contributed by atoms with Crippen LogP contribution in [0.25, 0.3) is 0 Å². The number of likely N-dealkylation sites (N-methyl/N-ethyl adjacent to an activating group) is 1. The van der Waals surface area contributed by atoms with Gasteiger partial charge < -0.3 is 15.3 Å². The molecule has 0 amide bonds. The highest BCUT2D eigenvalue weighted by Crippen LogP contribution is 1.79. The van der Waals surface area contributed by atoms with E-state index in [1.807, 2.05) is 0 Å². The fourth-order valence-electron chi connectivity index (χ4n) is 0.508. The molecule has 0 aliphatic carbocycles. The highest BCUT2D eigenvalue weighted by atomic mass is 16.3. The predicted octanol–water partition coefficient (Wildman–Crippen LogP) is -1.47. The molecule has 0 fully saturated rings. The summed E-state index contributed by atoms with van der Waals surface area (Å²) in [5.41, 5.74) is 0. The van der Waals surface area contributed by atoms with Crippen molar-refractivity contribution in [2.45, 2.75) is 13.0 Å². The minimum absolute atomic E-state index is 0.481. The fraction of sp³-hybridized carbons (Fsp3) is 0.750. The molecule has 0 bridgehead atoms. The molecule has 1 atom stereocenters. The van der Waals surface area contributed by atoms with Crippen LogP contribution in [0, 0.1) is 0 Å². The molecule has 46 valence electrons. The molecule has 0 rings (SSSR count). The lowest BCUT2D eigenvalue weighted by atomic mass is 10.3. The van der Waals surface area contributed by atoms with E-state index in [9.17, 15) is 0 Å². The van der Waals surface area contributed by atoms with Crippen LogP contribution in [-0.2, 0) is 0 Å². The number of hydrogen-bond donors (Lipinski definition) is 2. The minimum Gasteiger partial charge on any atom is -0.386 e. The van der Waals surface area contributed by atoms with Gasteiger partial charge in [-0.2, -0.15) is 0 Å². The van der Waals surface area contributed by atoms with Gasteiger partial charge in [-0.05, 0) is 6.92 Å². The molecule has 0 saturated heterocycles. The predicted molar refractivity (Wildman–Crippen MR) is 36.7 cm³/mol. The van der Waals surface area contributed by atoms with Crippen LogP contribution in [0.4, 0.5) is 0 Å². The van der Waals surface area contributed by atoms with Crippen LogP contribution in [0.15, 0.2) is 4.90 Å². The van der Waals surface area contributed by atoms with Gasteiger partial charge in [-0.25, -0.2) is 0 Å². The van der Waals surface area contributed by atoms with Gasteiger partial charge in [-0.3, -0.25) is 0 Å². The molecule has 0 radical (unpaired) electrons. The van der Waals surface area contributed by atoms with E-state index in [-0.39, 0.29) is 0 Å². The van der Waals surface area contributed by atoms with Crippen LogP contribution >= 0.6 is 0 Å². The fourth-order valence-corrected chi connectivity index (χ4v) is 0.508. The Morgan fingerprint density at radius 3 is 2.38 bits per heavy atom. The summed E-state index contributed by atoms with van der Waals surface area (Å²) in [5.74, 6) is 0.616. The average Bonchev–Trinajstić information content (AvgIpc) is 1.69. The van der Waals surface area contributed by atoms with E-state index in [2.05, 4.69) is 10.2 Å². The van der Waals surface area contributed by atoms with E-state index in [0.717, 1.165) is 0 Å². The number of nitrogens with zero attached hydrogens (tertiary/aromatic N) is 1. The van der Waals surface area contributed by atoms with E-state index in [4.69, 9.17) is 5.11 Å². The van der Waals surface area contributed by atoms with E-state index >= 15 is 0 Å². The van der Waals surface area contributed by atoms with E-state index in [1.165, 1.54) is 0 Å². The maximum Gasteiger partial charge on any atom is 0.246 e. The Bertz CT molecular complexity index is 92.0. The summed E-state index contributed by atoms with van der Waals surface area (Å²) in [4.78, 5) is 3.76. The quantitative estimate of drug-likeness (QED) is 0.248. The van der Waals surface area contributed by atoms with Crippen molar-refractivity contribution < 1.29 is 5.11 Å². The zero-order chi connectivity index (χ0) is 6.57. The number of nitrogens with one attached hydrogen (secondary N) is 1. The van der Waals surface area contributed by atoms with Gasteiger partial charge in [0.25, 0.3) is 0 Å². The second-order valence-electron chi connectivity index (χ2n) is 1.53. The van der Waals surface area contributed by atoms with Crippen LogP contribution in [0.5, 0.6) is 0 Å². The van der Waals surface area contributed by atoms with Crippen LogP contribution in [0.1, 0.15) is 6.92 Å². The molecule has 2 N–H and O–H groups in total. The minimum atomic E-state index is -0.481. The number of aliphatic hydroxyl groups excluding tert-OH is 1. The monoisotopic (exact) mass is 114 g/mol. The second kappa shape index (κ2) is 3.49. The first-order chi connectivity index (χ1) is 3.72. The Labute approximate surface area is 50.2 Å². The van der Waals surface area contributed by atoms with Gasteiger partial charge >= 0.3 is 0 Å². The van der Waals surface area contributed by atoms with Gasteiger partial charge in [0.05, 0.1) is 0 Å². The Kier molecular flexibility index (Phi) is 3.27. The molecule has 0 saturated carbocycles. The maximum absolute atomic E-state index is 8.82. The lowest BCUT2D eigenvalue weighted by Gasteiger charge is -2.05. The van der Waals surface area contributed by atoms with Crippen molar-refractivity contribution in [3.8, 4) is 0 Å². The molecule has 1 unspecified atom stereocenters. The Morgan fingerprint density at radius 2 is 2.38 bits per heavy atom. The van der Waals surface area contributed by atoms with Gasteiger partial charge in [0.1, 0.15) is 11.9 Å². The first kappa shape index (κ1) is 7.49. The normalized spacial score (nSPS) is 15.6. The van der Waals surface area contributed by atoms with Gasteiger partial charge in [-0.15, -0.1) is 0 Å². The summed E-state index contributed by atoms with van der Waals surface area (Å²) in [5, 5.41) is 11.6. The number of hydrogen-bond acceptors (Lipinski definition) is 2. The van der Waals surface area contributed by atoms with Crippen molar-refractivity contribution in [2.75, 3.05) is 7.05 Å². The van der Waals surface area contributed by atoms with Crippen molar-refractivity contribution >= 4 is 13.8 Å². The first-order valence-electron chi connectivity index (χ1n) is 2.55. The SMILES string of the molecule is BN=C(NC)C(C)O. The Balaban J connectivity index is 3.72. The summed E-state index contributed by atoms with van der Waals surface area (Å²) in [6.07, 6.45) is -0.481. The Morgan fingerprint density at radius 1 is 1.88 bits per heavy atom. The van der Waals surface area contributed by atoms with Crippen molar-refractivity contribution in [1.29, 1.82) is 0 Å². The number of rotatable bonds is 1. The average molecular weight is 114 g/mol. The van der Waals surface area contributed by atoms with Crippen LogP contribution < -0.4 is 5.32 Å². The van der Waals surface area contributed by atoms with Gasteiger partial charge in [0.2, 0.25) is 7.98 Å². The third-order valence-corrected chi connectivity index (χ3v) is 0.893. The van der Waals surface area contributed by atoms with Crippen LogP contribution in [0.2, 0.25) is 0 Å². The van der Waals surface area contributed by atoms with Gasteiger partial charge in [0.15, 0.2) is 0 Å². The second-order valence-corrected chi connectivity index (χ2v) is 1.53. The van der Waals surface area contributed by atoms with Gasteiger partial charge in [-0.1, -0.05) is 0 Å². The first-order valence-corrected chi connectivity index (χ1v) is 2.55. The zero-order valence-corrected chi connectivity index (χ0v) is 5.47. The molecular weight excluding hydrogens is 103 g/mol. The highest BCUT2D eigenvalue weighted by Gasteiger charge is 1.99. The van der Waals surface area contributed by atoms with E-state index in [1.54, 1.807) is 22.0 Å².